The number of pyridine rings is 1. The maximum Gasteiger partial charge on any atom is 0.220 e. The van der Waals surface area contributed by atoms with Gasteiger partial charge in [0.2, 0.25) is 5.78 Å². The molecule has 1 aromatic carbocycles. The van der Waals surface area contributed by atoms with Crippen LogP contribution in [0, 0.1) is 6.92 Å². The zero-order chi connectivity index (χ0) is 19.1. The van der Waals surface area contributed by atoms with Crippen molar-refractivity contribution in [1.82, 2.24) is 9.88 Å². The van der Waals surface area contributed by atoms with Crippen LogP contribution in [0.2, 0.25) is 5.02 Å². The first-order valence-electron chi connectivity index (χ1n) is 8.16. The summed E-state index contributed by atoms with van der Waals surface area (Å²) < 4.78 is 5.59. The Morgan fingerprint density at radius 1 is 1.42 bits per heavy atom. The van der Waals surface area contributed by atoms with E-state index in [4.69, 9.17) is 16.3 Å². The summed E-state index contributed by atoms with van der Waals surface area (Å²) in [4.78, 5) is 24.1. The molecule has 1 aromatic heterocycles. The van der Waals surface area contributed by atoms with Gasteiger partial charge in [-0.1, -0.05) is 17.7 Å². The zero-order valence-corrected chi connectivity index (χ0v) is 16.9. The van der Waals surface area contributed by atoms with E-state index < -0.39 is 0 Å². The highest BCUT2D eigenvalue weighted by atomic mass is 35.5. The molecule has 0 unspecified atom stereocenters. The van der Waals surface area contributed by atoms with Crippen molar-refractivity contribution in [1.29, 1.82) is 0 Å². The molecule has 26 heavy (non-hydrogen) atoms. The Labute approximate surface area is 163 Å². The number of ether oxygens (including phenoxy) is 1. The Morgan fingerprint density at radius 3 is 2.88 bits per heavy atom. The normalized spacial score (nSPS) is 11.0. The van der Waals surface area contributed by atoms with E-state index >= 15 is 0 Å². The van der Waals surface area contributed by atoms with E-state index in [9.17, 15) is 4.79 Å². The number of hydrogen-bond donors (Lipinski definition) is 0. The summed E-state index contributed by atoms with van der Waals surface area (Å²) in [6, 6.07) is 9.23. The molecule has 2 aromatic rings. The van der Waals surface area contributed by atoms with Crippen LogP contribution in [0.3, 0.4) is 0 Å². The number of aryl methyl sites for hydroxylation is 1. The highest BCUT2D eigenvalue weighted by molar-refractivity contribution is 7.98. The van der Waals surface area contributed by atoms with Crippen molar-refractivity contribution < 1.29 is 9.53 Å². The molecule has 0 spiro atoms. The standard InChI is InChI=1S/C19H22ClN3O2S/c1-5-23(3)12-21-17-10-16(20)19(22-13(17)2)18(24)11-25-14-7-6-8-15(9-14)26-4/h6-10,12H,5,11H2,1-4H3/b21-12-. The van der Waals surface area contributed by atoms with Gasteiger partial charge in [0.15, 0.2) is 6.61 Å². The number of halogens is 1. The van der Waals surface area contributed by atoms with Gasteiger partial charge in [-0.05, 0) is 44.4 Å². The number of aliphatic imine (C=N–C) groups is 1. The molecule has 2 rings (SSSR count). The van der Waals surface area contributed by atoms with Crippen LogP contribution in [0.1, 0.15) is 23.1 Å². The summed E-state index contributed by atoms with van der Waals surface area (Å²) in [5, 5.41) is 0.272. The number of thioether (sulfide) groups is 1. The van der Waals surface area contributed by atoms with Gasteiger partial charge in [0.1, 0.15) is 11.4 Å². The lowest BCUT2D eigenvalue weighted by molar-refractivity contribution is 0.0916. The van der Waals surface area contributed by atoms with Crippen LogP contribution >= 0.6 is 23.4 Å². The molecule has 0 saturated carbocycles. The molecule has 0 fully saturated rings. The van der Waals surface area contributed by atoms with Crippen molar-refractivity contribution in [3.05, 3.63) is 46.7 Å². The third-order valence-electron chi connectivity index (χ3n) is 3.71. The lowest BCUT2D eigenvalue weighted by Gasteiger charge is -2.10. The molecule has 0 amide bonds. The van der Waals surface area contributed by atoms with Crippen LogP contribution in [0.4, 0.5) is 5.69 Å². The third-order valence-corrected chi connectivity index (χ3v) is 4.72. The number of carbonyl (C=O) groups is 1. The maximum atomic E-state index is 12.4. The highest BCUT2D eigenvalue weighted by Gasteiger charge is 2.16. The Kier molecular flexibility index (Phi) is 7.48. The zero-order valence-electron chi connectivity index (χ0n) is 15.3. The molecular weight excluding hydrogens is 370 g/mol. The number of aromatic nitrogens is 1. The fourth-order valence-electron chi connectivity index (χ4n) is 2.05. The number of rotatable bonds is 8. The fraction of sp³-hybridized carbons (Fsp3) is 0.316. The van der Waals surface area contributed by atoms with Gasteiger partial charge in [-0.2, -0.15) is 0 Å². The summed E-state index contributed by atoms with van der Waals surface area (Å²) in [6.07, 6.45) is 3.70. The lowest BCUT2D eigenvalue weighted by atomic mass is 10.2. The van der Waals surface area contributed by atoms with Gasteiger partial charge in [-0.3, -0.25) is 4.79 Å². The minimum Gasteiger partial charge on any atom is -0.485 e. The molecule has 1 heterocycles. The predicted molar refractivity (Wildman–Crippen MR) is 108 cm³/mol. The minimum absolute atomic E-state index is 0.120. The summed E-state index contributed by atoms with van der Waals surface area (Å²) in [6.45, 7) is 4.55. The van der Waals surface area contributed by atoms with Gasteiger partial charge < -0.3 is 9.64 Å². The molecule has 0 aliphatic rings. The van der Waals surface area contributed by atoms with E-state index in [1.807, 2.05) is 49.4 Å². The van der Waals surface area contributed by atoms with Gasteiger partial charge in [0.25, 0.3) is 0 Å². The molecule has 0 bridgehead atoms. The Hall–Kier alpha value is -2.05. The second kappa shape index (κ2) is 9.59. The Balaban J connectivity index is 2.11. The summed E-state index contributed by atoms with van der Waals surface area (Å²) in [5.74, 6) is 0.371. The van der Waals surface area contributed by atoms with E-state index in [1.165, 1.54) is 0 Å². The first kappa shape index (κ1) is 20.3. The Bertz CT molecular complexity index is 811. The fourth-order valence-corrected chi connectivity index (χ4v) is 2.75. The van der Waals surface area contributed by atoms with Crippen LogP contribution in [-0.2, 0) is 0 Å². The molecule has 0 aliphatic carbocycles. The van der Waals surface area contributed by atoms with Crippen LogP contribution in [0.5, 0.6) is 5.75 Å². The maximum absolute atomic E-state index is 12.4. The molecular formula is C19H22ClN3O2S. The number of hydrogen-bond acceptors (Lipinski definition) is 5. The first-order valence-corrected chi connectivity index (χ1v) is 9.76. The second-order valence-electron chi connectivity index (χ2n) is 5.63. The molecule has 0 N–H and O–H groups in total. The van der Waals surface area contributed by atoms with Crippen LogP contribution < -0.4 is 4.74 Å². The first-order chi connectivity index (χ1) is 12.4. The van der Waals surface area contributed by atoms with Crippen molar-refractivity contribution >= 4 is 41.2 Å². The van der Waals surface area contributed by atoms with Gasteiger partial charge in [-0.25, -0.2) is 9.98 Å². The van der Waals surface area contributed by atoms with Crippen molar-refractivity contribution in [2.75, 3.05) is 26.5 Å². The van der Waals surface area contributed by atoms with Crippen LogP contribution in [-0.4, -0.2) is 48.5 Å². The van der Waals surface area contributed by atoms with E-state index in [-0.39, 0.29) is 23.1 Å². The molecule has 0 radical (unpaired) electrons. The van der Waals surface area contributed by atoms with Gasteiger partial charge in [-0.15, -0.1) is 11.8 Å². The number of benzene rings is 1. The van der Waals surface area contributed by atoms with Crippen molar-refractivity contribution in [2.24, 2.45) is 4.99 Å². The van der Waals surface area contributed by atoms with E-state index in [0.29, 0.717) is 17.1 Å². The molecule has 138 valence electrons. The molecule has 7 heteroatoms. The van der Waals surface area contributed by atoms with E-state index in [2.05, 4.69) is 9.98 Å². The average molecular weight is 392 g/mol. The van der Waals surface area contributed by atoms with Crippen molar-refractivity contribution in [3.8, 4) is 5.75 Å². The molecule has 0 aliphatic heterocycles. The largest absolute Gasteiger partial charge is 0.485 e. The average Bonchev–Trinajstić information content (AvgIpc) is 2.66. The van der Waals surface area contributed by atoms with E-state index in [0.717, 1.165) is 11.4 Å². The number of carbonyl (C=O) groups excluding carboxylic acids is 1. The minimum atomic E-state index is -0.270. The van der Waals surface area contributed by atoms with Crippen LogP contribution in [0.15, 0.2) is 40.2 Å². The molecule has 0 atom stereocenters. The van der Waals surface area contributed by atoms with Crippen molar-refractivity contribution in [2.45, 2.75) is 18.7 Å². The van der Waals surface area contributed by atoms with Gasteiger partial charge in [0.05, 0.1) is 22.7 Å². The number of nitrogens with zero attached hydrogens (tertiary/aromatic N) is 3. The number of Topliss-reactive ketones (excluding diaryl/α,β-unsaturated/α-hetero) is 1. The quantitative estimate of drug-likeness (QED) is 0.284. The van der Waals surface area contributed by atoms with Gasteiger partial charge in [0, 0.05) is 18.5 Å². The second-order valence-corrected chi connectivity index (χ2v) is 6.92. The van der Waals surface area contributed by atoms with Crippen molar-refractivity contribution in [3.63, 3.8) is 0 Å². The lowest BCUT2D eigenvalue weighted by Crippen LogP contribution is -2.15. The third kappa shape index (κ3) is 5.47. The summed E-state index contributed by atoms with van der Waals surface area (Å²) in [5.41, 5.74) is 1.48. The monoisotopic (exact) mass is 391 g/mol. The Morgan fingerprint density at radius 2 is 2.19 bits per heavy atom. The predicted octanol–water partition coefficient (Wildman–Crippen LogP) is 4.64. The highest BCUT2D eigenvalue weighted by Crippen LogP contribution is 2.25. The molecule has 5 nitrogen and oxygen atoms in total. The summed E-state index contributed by atoms with van der Waals surface area (Å²) in [7, 11) is 1.93. The topological polar surface area (TPSA) is 54.8 Å². The van der Waals surface area contributed by atoms with E-state index in [1.54, 1.807) is 31.1 Å². The number of ketones is 1. The summed E-state index contributed by atoms with van der Waals surface area (Å²) >= 11 is 7.86. The SMILES string of the molecule is CCN(C)/C=N\c1cc(Cl)c(C(=O)COc2cccc(SC)c2)nc1C. The van der Waals surface area contributed by atoms with Gasteiger partial charge >= 0.3 is 0 Å². The smallest absolute Gasteiger partial charge is 0.220 e. The molecule has 0 saturated heterocycles. The van der Waals surface area contributed by atoms with Crippen LogP contribution in [0.25, 0.3) is 0 Å².